The molecule has 3 heterocycles. The highest BCUT2D eigenvalue weighted by atomic mass is 32.2. The Morgan fingerprint density at radius 3 is 2.85 bits per heavy atom. The van der Waals surface area contributed by atoms with Crippen molar-refractivity contribution in [1.29, 1.82) is 0 Å². The van der Waals surface area contributed by atoms with Crippen LogP contribution in [-0.2, 0) is 13.1 Å². The van der Waals surface area contributed by atoms with Gasteiger partial charge < -0.3 is 4.57 Å². The van der Waals surface area contributed by atoms with E-state index in [9.17, 15) is 0 Å². The van der Waals surface area contributed by atoms with Crippen molar-refractivity contribution < 1.29 is 0 Å². The molecular weight excluding hydrogens is 268 g/mol. The van der Waals surface area contributed by atoms with Gasteiger partial charge in [0.2, 0.25) is 0 Å². The molecule has 1 aliphatic heterocycles. The van der Waals surface area contributed by atoms with Gasteiger partial charge in [0.1, 0.15) is 0 Å². The van der Waals surface area contributed by atoms with Gasteiger partial charge in [-0.15, -0.1) is 0 Å². The second kappa shape index (κ2) is 4.92. The number of hydrogen-bond acceptors (Lipinski definition) is 4. The summed E-state index contributed by atoms with van der Waals surface area (Å²) in [6, 6.07) is 14.4. The van der Waals surface area contributed by atoms with E-state index < -0.39 is 0 Å². The average molecular weight is 282 g/mol. The summed E-state index contributed by atoms with van der Waals surface area (Å²) in [6.45, 7) is 2.85. The molecule has 4 rings (SSSR count). The standard InChI is InChI=1S/C15H14N4S/c1-2-7-14-13(6-1)17-15-19(14)10-9-18(20-15)11-12-5-3-4-8-16-12/h1-8H,9-11H2. The first-order valence-electron chi connectivity index (χ1n) is 6.68. The zero-order valence-electron chi connectivity index (χ0n) is 10.9. The molecule has 0 bridgehead atoms. The van der Waals surface area contributed by atoms with Crippen LogP contribution in [0.15, 0.2) is 53.8 Å². The minimum atomic E-state index is 0.856. The van der Waals surface area contributed by atoms with Crippen molar-refractivity contribution in [2.45, 2.75) is 18.2 Å². The molecule has 0 atom stereocenters. The molecule has 20 heavy (non-hydrogen) atoms. The highest BCUT2D eigenvalue weighted by Gasteiger charge is 2.21. The normalized spacial score (nSPS) is 15.4. The van der Waals surface area contributed by atoms with Crippen LogP contribution < -0.4 is 0 Å². The van der Waals surface area contributed by atoms with Crippen molar-refractivity contribution in [3.8, 4) is 0 Å². The fraction of sp³-hybridized carbons (Fsp3) is 0.200. The first-order valence-corrected chi connectivity index (χ1v) is 7.45. The van der Waals surface area contributed by atoms with Crippen LogP contribution in [0.3, 0.4) is 0 Å². The molecule has 100 valence electrons. The lowest BCUT2D eigenvalue weighted by Crippen LogP contribution is -2.26. The lowest BCUT2D eigenvalue weighted by atomic mass is 10.3. The Hall–Kier alpha value is -1.85. The molecule has 0 aliphatic carbocycles. The van der Waals surface area contributed by atoms with Gasteiger partial charge in [-0.25, -0.2) is 9.29 Å². The van der Waals surface area contributed by atoms with Crippen molar-refractivity contribution in [3.05, 3.63) is 54.4 Å². The third-order valence-electron chi connectivity index (χ3n) is 3.47. The van der Waals surface area contributed by atoms with Gasteiger partial charge in [0.15, 0.2) is 5.16 Å². The number of rotatable bonds is 2. The summed E-state index contributed by atoms with van der Waals surface area (Å²) in [5.41, 5.74) is 3.41. The fourth-order valence-corrected chi connectivity index (χ4v) is 3.52. The summed E-state index contributed by atoms with van der Waals surface area (Å²) >= 11 is 1.72. The van der Waals surface area contributed by atoms with Crippen molar-refractivity contribution in [2.75, 3.05) is 6.54 Å². The van der Waals surface area contributed by atoms with E-state index in [0.717, 1.165) is 36.0 Å². The minimum Gasteiger partial charge on any atom is -0.317 e. The van der Waals surface area contributed by atoms with E-state index >= 15 is 0 Å². The molecule has 0 spiro atoms. The van der Waals surface area contributed by atoms with Crippen molar-refractivity contribution in [1.82, 2.24) is 18.8 Å². The molecule has 1 aliphatic rings. The minimum absolute atomic E-state index is 0.856. The van der Waals surface area contributed by atoms with Crippen LogP contribution in [0.4, 0.5) is 0 Å². The van der Waals surface area contributed by atoms with E-state index in [0.29, 0.717) is 0 Å². The number of pyridine rings is 1. The van der Waals surface area contributed by atoms with Crippen LogP contribution >= 0.6 is 11.9 Å². The van der Waals surface area contributed by atoms with Gasteiger partial charge in [-0.05, 0) is 36.2 Å². The Labute approximate surface area is 121 Å². The van der Waals surface area contributed by atoms with Gasteiger partial charge in [0.25, 0.3) is 0 Å². The number of benzene rings is 1. The Bertz CT molecular complexity index is 738. The number of hydrogen-bond donors (Lipinski definition) is 0. The smallest absolute Gasteiger partial charge is 0.184 e. The number of imidazole rings is 1. The molecule has 2 aromatic heterocycles. The number of fused-ring (bicyclic) bond motifs is 3. The maximum atomic E-state index is 4.71. The molecule has 1 aromatic carbocycles. The summed E-state index contributed by atoms with van der Waals surface area (Å²) in [5.74, 6) is 0. The van der Waals surface area contributed by atoms with E-state index in [1.54, 1.807) is 11.9 Å². The van der Waals surface area contributed by atoms with Crippen LogP contribution in [0.25, 0.3) is 11.0 Å². The predicted molar refractivity (Wildman–Crippen MR) is 80.2 cm³/mol. The van der Waals surface area contributed by atoms with Crippen LogP contribution in [-0.4, -0.2) is 25.4 Å². The van der Waals surface area contributed by atoms with Crippen LogP contribution in [0.2, 0.25) is 0 Å². The Balaban J connectivity index is 1.60. The zero-order chi connectivity index (χ0) is 13.4. The molecule has 0 saturated carbocycles. The van der Waals surface area contributed by atoms with Gasteiger partial charge in [-0.2, -0.15) is 0 Å². The second-order valence-electron chi connectivity index (χ2n) is 4.81. The molecule has 5 heteroatoms. The van der Waals surface area contributed by atoms with E-state index in [-0.39, 0.29) is 0 Å². The third-order valence-corrected chi connectivity index (χ3v) is 4.51. The Kier molecular flexibility index (Phi) is 2.94. The highest BCUT2D eigenvalue weighted by molar-refractivity contribution is 7.96. The maximum absolute atomic E-state index is 4.71. The third kappa shape index (κ3) is 2.09. The van der Waals surface area contributed by atoms with Crippen LogP contribution in [0.5, 0.6) is 0 Å². The largest absolute Gasteiger partial charge is 0.317 e. The molecule has 0 N–H and O–H groups in total. The maximum Gasteiger partial charge on any atom is 0.184 e. The van der Waals surface area contributed by atoms with Gasteiger partial charge >= 0.3 is 0 Å². The predicted octanol–water partition coefficient (Wildman–Crippen LogP) is 2.95. The Morgan fingerprint density at radius 2 is 1.95 bits per heavy atom. The van der Waals surface area contributed by atoms with Crippen molar-refractivity contribution in [3.63, 3.8) is 0 Å². The lowest BCUT2D eigenvalue weighted by Gasteiger charge is -2.25. The molecule has 3 aromatic rings. The molecular formula is C15H14N4S. The fourth-order valence-electron chi connectivity index (χ4n) is 2.50. The summed E-state index contributed by atoms with van der Waals surface area (Å²) in [5, 5.41) is 1.08. The van der Waals surface area contributed by atoms with Gasteiger partial charge in [0.05, 0.1) is 23.3 Å². The van der Waals surface area contributed by atoms with E-state index in [2.05, 4.69) is 38.1 Å². The number of aromatic nitrogens is 3. The van der Waals surface area contributed by atoms with Gasteiger partial charge in [-0.1, -0.05) is 18.2 Å². The van der Waals surface area contributed by atoms with Crippen LogP contribution in [0.1, 0.15) is 5.69 Å². The van der Waals surface area contributed by atoms with Crippen LogP contribution in [0, 0.1) is 0 Å². The molecule has 0 unspecified atom stereocenters. The first kappa shape index (κ1) is 11.9. The van der Waals surface area contributed by atoms with Crippen molar-refractivity contribution >= 4 is 23.0 Å². The molecule has 0 fully saturated rings. The second-order valence-corrected chi connectivity index (χ2v) is 5.87. The van der Waals surface area contributed by atoms with E-state index in [4.69, 9.17) is 4.98 Å². The molecule has 0 saturated heterocycles. The highest BCUT2D eigenvalue weighted by Crippen LogP contribution is 2.31. The monoisotopic (exact) mass is 282 g/mol. The molecule has 4 nitrogen and oxygen atoms in total. The zero-order valence-corrected chi connectivity index (χ0v) is 11.8. The molecule has 0 radical (unpaired) electrons. The van der Waals surface area contributed by atoms with Crippen molar-refractivity contribution in [2.24, 2.45) is 0 Å². The van der Waals surface area contributed by atoms with Gasteiger partial charge in [-0.3, -0.25) is 4.98 Å². The van der Waals surface area contributed by atoms with E-state index in [1.807, 2.05) is 24.4 Å². The average Bonchev–Trinajstić information content (AvgIpc) is 2.86. The van der Waals surface area contributed by atoms with E-state index in [1.165, 1.54) is 5.52 Å². The lowest BCUT2D eigenvalue weighted by molar-refractivity contribution is 0.401. The summed E-state index contributed by atoms with van der Waals surface area (Å²) in [7, 11) is 0. The number of nitrogens with zero attached hydrogens (tertiary/aromatic N) is 4. The number of para-hydroxylation sites is 2. The Morgan fingerprint density at radius 1 is 1.05 bits per heavy atom. The SMILES string of the molecule is c1ccc(CN2CCn3c(nc4ccccc43)S2)nc1. The summed E-state index contributed by atoms with van der Waals surface area (Å²) < 4.78 is 4.62. The summed E-state index contributed by atoms with van der Waals surface area (Å²) in [6.07, 6.45) is 1.85. The quantitative estimate of drug-likeness (QED) is 0.677. The molecule has 0 amide bonds. The summed E-state index contributed by atoms with van der Waals surface area (Å²) in [4.78, 5) is 9.10. The first-order chi connectivity index (χ1) is 9.90. The van der Waals surface area contributed by atoms with Gasteiger partial charge in [0, 0.05) is 19.3 Å². The topological polar surface area (TPSA) is 34.0 Å².